The number of esters is 1. The van der Waals surface area contributed by atoms with E-state index < -0.39 is 0 Å². The van der Waals surface area contributed by atoms with Crippen molar-refractivity contribution in [1.82, 2.24) is 0 Å². The molecule has 3 heteroatoms. The molecular weight excluding hydrogens is 180 g/mol. The Hall–Kier alpha value is -0.570. The van der Waals surface area contributed by atoms with Gasteiger partial charge in [0, 0.05) is 13.5 Å². The van der Waals surface area contributed by atoms with Crippen molar-refractivity contribution in [2.75, 3.05) is 13.2 Å². The van der Waals surface area contributed by atoms with Crippen LogP contribution in [0.25, 0.3) is 0 Å². The highest BCUT2D eigenvalue weighted by atomic mass is 16.5. The predicted molar refractivity (Wildman–Crippen MR) is 56.0 cm³/mol. The Kier molecular flexibility index (Phi) is 8.64. The molecule has 0 amide bonds. The molecule has 0 aromatic heterocycles. The molecule has 0 saturated heterocycles. The van der Waals surface area contributed by atoms with Crippen LogP contribution in [0.5, 0.6) is 0 Å². The summed E-state index contributed by atoms with van der Waals surface area (Å²) in [5.74, 6) is 0.432. The molecule has 1 aliphatic rings. The summed E-state index contributed by atoms with van der Waals surface area (Å²) >= 11 is 0. The lowest BCUT2D eigenvalue weighted by atomic mass is 9.90. The highest BCUT2D eigenvalue weighted by Crippen LogP contribution is 2.22. The van der Waals surface area contributed by atoms with Crippen LogP contribution in [0.2, 0.25) is 0 Å². The van der Waals surface area contributed by atoms with Crippen molar-refractivity contribution in [2.45, 2.75) is 46.0 Å². The molecule has 0 bridgehead atoms. The molecule has 0 aromatic rings. The van der Waals surface area contributed by atoms with E-state index in [-0.39, 0.29) is 5.97 Å². The second-order valence-electron chi connectivity index (χ2n) is 3.61. The average molecular weight is 202 g/mol. The zero-order valence-corrected chi connectivity index (χ0v) is 9.29. The quantitative estimate of drug-likeness (QED) is 0.698. The number of carbonyl (C=O) groups is 1. The van der Waals surface area contributed by atoms with Crippen LogP contribution < -0.4 is 0 Å². The van der Waals surface area contributed by atoms with Gasteiger partial charge in [-0.15, -0.1) is 0 Å². The van der Waals surface area contributed by atoms with Crippen molar-refractivity contribution in [3.8, 4) is 0 Å². The SMILES string of the molecule is CCOC(C)=O.OCC1CCCCC1. The van der Waals surface area contributed by atoms with Crippen LogP contribution in [0.15, 0.2) is 0 Å². The van der Waals surface area contributed by atoms with Gasteiger partial charge in [-0.1, -0.05) is 19.3 Å². The second-order valence-corrected chi connectivity index (χ2v) is 3.61. The van der Waals surface area contributed by atoms with E-state index in [0.29, 0.717) is 19.1 Å². The molecule has 0 unspecified atom stereocenters. The molecule has 0 atom stereocenters. The van der Waals surface area contributed by atoms with Crippen LogP contribution in [-0.2, 0) is 9.53 Å². The van der Waals surface area contributed by atoms with Crippen LogP contribution in [0.1, 0.15) is 46.0 Å². The highest BCUT2D eigenvalue weighted by molar-refractivity contribution is 5.65. The van der Waals surface area contributed by atoms with E-state index in [0.717, 1.165) is 0 Å². The monoisotopic (exact) mass is 202 g/mol. The summed E-state index contributed by atoms with van der Waals surface area (Å²) in [6.07, 6.45) is 6.58. The van der Waals surface area contributed by atoms with Crippen molar-refractivity contribution in [3.05, 3.63) is 0 Å². The molecule has 1 saturated carbocycles. The third-order valence-corrected chi connectivity index (χ3v) is 2.33. The van der Waals surface area contributed by atoms with Crippen molar-refractivity contribution in [2.24, 2.45) is 5.92 Å². The fraction of sp³-hybridized carbons (Fsp3) is 0.909. The van der Waals surface area contributed by atoms with E-state index in [1.54, 1.807) is 6.92 Å². The van der Waals surface area contributed by atoms with E-state index in [4.69, 9.17) is 5.11 Å². The second kappa shape index (κ2) is 9.00. The first-order valence-electron chi connectivity index (χ1n) is 5.45. The normalized spacial score (nSPS) is 16.8. The Balaban J connectivity index is 0.000000255. The number of ether oxygens (including phenoxy) is 1. The Morgan fingerprint density at radius 3 is 2.14 bits per heavy atom. The molecule has 0 radical (unpaired) electrons. The van der Waals surface area contributed by atoms with Crippen molar-refractivity contribution < 1.29 is 14.6 Å². The summed E-state index contributed by atoms with van der Waals surface area (Å²) in [4.78, 5) is 9.82. The van der Waals surface area contributed by atoms with Crippen LogP contribution in [0, 0.1) is 5.92 Å². The zero-order chi connectivity index (χ0) is 10.8. The minimum atomic E-state index is -0.211. The number of aliphatic hydroxyl groups is 1. The Bertz CT molecular complexity index is 139. The number of hydrogen-bond acceptors (Lipinski definition) is 3. The van der Waals surface area contributed by atoms with E-state index in [1.807, 2.05) is 0 Å². The molecule has 0 aliphatic heterocycles. The summed E-state index contributed by atoms with van der Waals surface area (Å²) in [7, 11) is 0. The molecule has 0 aromatic carbocycles. The van der Waals surface area contributed by atoms with Crippen molar-refractivity contribution >= 4 is 5.97 Å². The minimum Gasteiger partial charge on any atom is -0.466 e. The maximum absolute atomic E-state index is 9.82. The summed E-state index contributed by atoms with van der Waals surface area (Å²) in [5.41, 5.74) is 0. The largest absolute Gasteiger partial charge is 0.466 e. The zero-order valence-electron chi connectivity index (χ0n) is 9.29. The topological polar surface area (TPSA) is 46.5 Å². The van der Waals surface area contributed by atoms with Crippen molar-refractivity contribution in [1.29, 1.82) is 0 Å². The van der Waals surface area contributed by atoms with Gasteiger partial charge < -0.3 is 9.84 Å². The van der Waals surface area contributed by atoms with E-state index >= 15 is 0 Å². The summed E-state index contributed by atoms with van der Waals surface area (Å²) in [5, 5.41) is 8.69. The molecular formula is C11H22O3. The molecule has 14 heavy (non-hydrogen) atoms. The smallest absolute Gasteiger partial charge is 0.302 e. The third-order valence-electron chi connectivity index (χ3n) is 2.33. The summed E-state index contributed by atoms with van der Waals surface area (Å²) < 4.78 is 4.40. The molecule has 1 aliphatic carbocycles. The average Bonchev–Trinajstić information content (AvgIpc) is 2.20. The number of carbonyl (C=O) groups excluding carboxylic acids is 1. The molecule has 1 fully saturated rings. The standard InChI is InChI=1S/C7H14O.C4H8O2/c8-6-7-4-2-1-3-5-7;1-3-6-4(2)5/h7-8H,1-6H2;3H2,1-2H3. The van der Waals surface area contributed by atoms with Crippen LogP contribution in [0.3, 0.4) is 0 Å². The predicted octanol–water partition coefficient (Wildman–Crippen LogP) is 2.13. The Morgan fingerprint density at radius 2 is 1.93 bits per heavy atom. The van der Waals surface area contributed by atoms with Gasteiger partial charge in [0.25, 0.3) is 0 Å². The minimum absolute atomic E-state index is 0.211. The molecule has 0 spiro atoms. The number of aliphatic hydroxyl groups excluding tert-OH is 1. The van der Waals surface area contributed by atoms with Gasteiger partial charge in [-0.3, -0.25) is 4.79 Å². The first kappa shape index (κ1) is 13.4. The lowest BCUT2D eigenvalue weighted by Crippen LogP contribution is -2.09. The maximum Gasteiger partial charge on any atom is 0.302 e. The van der Waals surface area contributed by atoms with E-state index in [9.17, 15) is 4.79 Å². The molecule has 1 rings (SSSR count). The first-order valence-corrected chi connectivity index (χ1v) is 5.45. The van der Waals surface area contributed by atoms with Gasteiger partial charge in [0.1, 0.15) is 0 Å². The highest BCUT2D eigenvalue weighted by Gasteiger charge is 2.10. The van der Waals surface area contributed by atoms with Gasteiger partial charge in [-0.2, -0.15) is 0 Å². The first-order chi connectivity index (χ1) is 6.70. The summed E-state index contributed by atoms with van der Waals surface area (Å²) in [6, 6.07) is 0. The van der Waals surface area contributed by atoms with E-state index in [2.05, 4.69) is 4.74 Å². The van der Waals surface area contributed by atoms with Gasteiger partial charge >= 0.3 is 5.97 Å². The molecule has 3 nitrogen and oxygen atoms in total. The number of hydrogen-bond donors (Lipinski definition) is 1. The maximum atomic E-state index is 9.82. The van der Waals surface area contributed by atoms with Crippen LogP contribution in [0.4, 0.5) is 0 Å². The van der Waals surface area contributed by atoms with Gasteiger partial charge in [0.05, 0.1) is 6.61 Å². The van der Waals surface area contributed by atoms with E-state index in [1.165, 1.54) is 39.0 Å². The van der Waals surface area contributed by atoms with Gasteiger partial charge in [0.15, 0.2) is 0 Å². The third kappa shape index (κ3) is 8.05. The van der Waals surface area contributed by atoms with Gasteiger partial charge in [0.2, 0.25) is 0 Å². The molecule has 1 N–H and O–H groups in total. The van der Waals surface area contributed by atoms with Crippen LogP contribution in [-0.4, -0.2) is 24.3 Å². The van der Waals surface area contributed by atoms with Crippen molar-refractivity contribution in [3.63, 3.8) is 0 Å². The van der Waals surface area contributed by atoms with Crippen LogP contribution >= 0.6 is 0 Å². The lowest BCUT2D eigenvalue weighted by Gasteiger charge is -2.18. The molecule has 0 heterocycles. The van der Waals surface area contributed by atoms with Gasteiger partial charge in [-0.05, 0) is 25.7 Å². The fourth-order valence-corrected chi connectivity index (χ4v) is 1.57. The molecule has 84 valence electrons. The lowest BCUT2D eigenvalue weighted by molar-refractivity contribution is -0.140. The van der Waals surface area contributed by atoms with Gasteiger partial charge in [-0.25, -0.2) is 0 Å². The Morgan fingerprint density at radius 1 is 1.36 bits per heavy atom. The summed E-state index contributed by atoms with van der Waals surface area (Å²) in [6.45, 7) is 4.07. The number of rotatable bonds is 2. The fourth-order valence-electron chi connectivity index (χ4n) is 1.57. The Labute approximate surface area is 86.5 Å².